The van der Waals surface area contributed by atoms with Gasteiger partial charge in [0.15, 0.2) is 0 Å². The number of hydrogen-bond acceptors (Lipinski definition) is 4. The molecule has 0 fully saturated rings. The van der Waals surface area contributed by atoms with Gasteiger partial charge in [-0.05, 0) is 68.1 Å². The molecule has 0 unspecified atom stereocenters. The number of hydrogen-bond donors (Lipinski definition) is 2. The molecule has 0 bridgehead atoms. The molecule has 0 aromatic heterocycles. The Morgan fingerprint density at radius 2 is 1.88 bits per heavy atom. The second kappa shape index (κ2) is 9.01. The van der Waals surface area contributed by atoms with E-state index in [4.69, 9.17) is 10.5 Å². The van der Waals surface area contributed by atoms with E-state index in [2.05, 4.69) is 0 Å². The minimum Gasteiger partial charge on any atom is -0.507 e. The number of aromatic hydroxyl groups is 1. The number of carbonyl (C=O) groups excluding carboxylic acids is 1. The molecule has 0 radical (unpaired) electrons. The van der Waals surface area contributed by atoms with Gasteiger partial charge in [0.2, 0.25) is 0 Å². The molecule has 0 heterocycles. The third-order valence-electron chi connectivity index (χ3n) is 4.38. The van der Waals surface area contributed by atoms with Crippen molar-refractivity contribution in [3.63, 3.8) is 0 Å². The molecule has 26 heavy (non-hydrogen) atoms. The van der Waals surface area contributed by atoms with E-state index in [0.717, 1.165) is 11.1 Å². The number of ether oxygens (including phenoxy) is 1. The Bertz CT molecular complexity index is 808. The fraction of sp³-hybridized carbons (Fsp3) is 0.350. The number of esters is 1. The molecule has 0 aliphatic rings. The third-order valence-corrected chi connectivity index (χ3v) is 4.38. The van der Waals surface area contributed by atoms with Gasteiger partial charge in [-0.1, -0.05) is 6.07 Å². The highest BCUT2D eigenvalue weighted by atomic mass is 35.5. The van der Waals surface area contributed by atoms with E-state index in [1.165, 1.54) is 0 Å². The van der Waals surface area contributed by atoms with Gasteiger partial charge in [0.05, 0.1) is 13.0 Å². The van der Waals surface area contributed by atoms with Gasteiger partial charge in [-0.2, -0.15) is 0 Å². The van der Waals surface area contributed by atoms with Crippen LogP contribution in [0.15, 0.2) is 24.3 Å². The summed E-state index contributed by atoms with van der Waals surface area (Å²) in [7, 11) is 0. The maximum Gasteiger partial charge on any atom is 0.307 e. The lowest BCUT2D eigenvalue weighted by atomic mass is 9.91. The second-order valence-electron chi connectivity index (χ2n) is 6.21. The number of phenols is 1. The molecule has 0 aliphatic heterocycles. The standard InChI is InChI=1S/C20H24FNO3.ClH/c1-5-25-18(24)10-16(22)15-9-14(8-12(3)20(15)21)19-13(4)11(2)6-7-17(19)23;/h6-9,16,23H,5,10,22H2,1-4H3;1H/t16-;/m0./s1. The number of carbonyl (C=O) groups is 1. The molecular formula is C20H25ClFNO3. The second-order valence-corrected chi connectivity index (χ2v) is 6.21. The van der Waals surface area contributed by atoms with Crippen LogP contribution in [0.2, 0.25) is 0 Å². The number of halogens is 2. The van der Waals surface area contributed by atoms with Crippen molar-refractivity contribution in [1.82, 2.24) is 0 Å². The molecule has 3 N–H and O–H groups in total. The van der Waals surface area contributed by atoms with E-state index >= 15 is 0 Å². The summed E-state index contributed by atoms with van der Waals surface area (Å²) >= 11 is 0. The number of phenolic OH excluding ortho intramolecular Hbond substituents is 1. The van der Waals surface area contributed by atoms with Gasteiger partial charge in [0.1, 0.15) is 11.6 Å². The zero-order valence-corrected chi connectivity index (χ0v) is 16.2. The van der Waals surface area contributed by atoms with Crippen molar-refractivity contribution >= 4 is 18.4 Å². The summed E-state index contributed by atoms with van der Waals surface area (Å²) in [6.07, 6.45) is -0.105. The SMILES string of the molecule is CCOC(=O)C[C@H](N)c1cc(-c2c(O)ccc(C)c2C)cc(C)c1F.Cl. The van der Waals surface area contributed by atoms with Crippen molar-refractivity contribution < 1.29 is 19.0 Å². The highest BCUT2D eigenvalue weighted by molar-refractivity contribution is 5.85. The van der Waals surface area contributed by atoms with Crippen LogP contribution in [0.4, 0.5) is 4.39 Å². The monoisotopic (exact) mass is 381 g/mol. The van der Waals surface area contributed by atoms with Crippen molar-refractivity contribution in [1.29, 1.82) is 0 Å². The van der Waals surface area contributed by atoms with Crippen molar-refractivity contribution in [2.45, 2.75) is 40.2 Å². The van der Waals surface area contributed by atoms with Crippen LogP contribution < -0.4 is 5.73 Å². The number of benzene rings is 2. The van der Waals surface area contributed by atoms with E-state index in [0.29, 0.717) is 16.7 Å². The predicted molar refractivity (Wildman–Crippen MR) is 103 cm³/mol. The lowest BCUT2D eigenvalue weighted by Gasteiger charge is -2.18. The van der Waals surface area contributed by atoms with Crippen LogP contribution in [0, 0.1) is 26.6 Å². The summed E-state index contributed by atoms with van der Waals surface area (Å²) in [5, 5.41) is 10.3. The molecule has 0 saturated carbocycles. The lowest BCUT2D eigenvalue weighted by Crippen LogP contribution is -2.19. The summed E-state index contributed by atoms with van der Waals surface area (Å²) in [5.74, 6) is -0.781. The first kappa shape index (κ1) is 21.9. The summed E-state index contributed by atoms with van der Waals surface area (Å²) in [4.78, 5) is 11.7. The average molecular weight is 382 g/mol. The van der Waals surface area contributed by atoms with E-state index in [1.54, 1.807) is 32.0 Å². The maximum atomic E-state index is 14.6. The Kier molecular flexibility index (Phi) is 7.60. The Hall–Kier alpha value is -2.11. The molecule has 1 atom stereocenters. The van der Waals surface area contributed by atoms with Gasteiger partial charge in [0.25, 0.3) is 0 Å². The average Bonchev–Trinajstić information content (AvgIpc) is 2.54. The zero-order valence-electron chi connectivity index (χ0n) is 15.4. The molecule has 6 heteroatoms. The Balaban J connectivity index is 0.00000338. The quantitative estimate of drug-likeness (QED) is 0.748. The molecule has 0 amide bonds. The topological polar surface area (TPSA) is 72.5 Å². The van der Waals surface area contributed by atoms with Crippen molar-refractivity contribution in [2.75, 3.05) is 6.61 Å². The Morgan fingerprint density at radius 3 is 2.50 bits per heavy atom. The summed E-state index contributed by atoms with van der Waals surface area (Å²) < 4.78 is 19.5. The first-order valence-electron chi connectivity index (χ1n) is 8.27. The van der Waals surface area contributed by atoms with Crippen molar-refractivity contribution in [3.05, 3.63) is 52.3 Å². The predicted octanol–water partition coefficient (Wildman–Crippen LogP) is 4.50. The normalized spacial score (nSPS) is 11.6. The van der Waals surface area contributed by atoms with Gasteiger partial charge in [-0.15, -0.1) is 12.4 Å². The molecule has 0 saturated heterocycles. The van der Waals surface area contributed by atoms with Gasteiger partial charge in [-0.3, -0.25) is 4.79 Å². The van der Waals surface area contributed by atoms with Crippen LogP contribution in [0.1, 0.15) is 41.6 Å². The fourth-order valence-corrected chi connectivity index (χ4v) is 2.89. The van der Waals surface area contributed by atoms with Gasteiger partial charge in [0, 0.05) is 17.2 Å². The van der Waals surface area contributed by atoms with Crippen LogP contribution in [0.5, 0.6) is 5.75 Å². The number of aryl methyl sites for hydroxylation is 2. The smallest absolute Gasteiger partial charge is 0.307 e. The van der Waals surface area contributed by atoms with E-state index in [9.17, 15) is 14.3 Å². The summed E-state index contributed by atoms with van der Waals surface area (Å²) in [6.45, 7) is 7.45. The summed E-state index contributed by atoms with van der Waals surface area (Å²) in [6, 6.07) is 5.92. The Morgan fingerprint density at radius 1 is 1.23 bits per heavy atom. The minimum atomic E-state index is -0.815. The van der Waals surface area contributed by atoms with Crippen LogP contribution in [-0.2, 0) is 9.53 Å². The maximum absolute atomic E-state index is 14.6. The van der Waals surface area contributed by atoms with Crippen LogP contribution >= 0.6 is 12.4 Å². The third kappa shape index (κ3) is 4.54. The number of rotatable bonds is 5. The van der Waals surface area contributed by atoms with Gasteiger partial charge >= 0.3 is 5.97 Å². The first-order valence-corrected chi connectivity index (χ1v) is 8.27. The molecule has 2 aromatic rings. The highest BCUT2D eigenvalue weighted by Gasteiger charge is 2.20. The van der Waals surface area contributed by atoms with Crippen LogP contribution in [0.25, 0.3) is 11.1 Å². The number of nitrogens with two attached hydrogens (primary N) is 1. The summed E-state index contributed by atoms with van der Waals surface area (Å²) in [5.41, 5.74) is 9.95. The molecule has 0 spiro atoms. The molecule has 0 aliphatic carbocycles. The van der Waals surface area contributed by atoms with E-state index in [-0.39, 0.29) is 36.7 Å². The van der Waals surface area contributed by atoms with Gasteiger partial charge < -0.3 is 15.6 Å². The molecular weight excluding hydrogens is 357 g/mol. The molecule has 142 valence electrons. The van der Waals surface area contributed by atoms with Gasteiger partial charge in [-0.25, -0.2) is 4.39 Å². The van der Waals surface area contributed by atoms with Crippen LogP contribution in [-0.4, -0.2) is 17.7 Å². The lowest BCUT2D eigenvalue weighted by molar-refractivity contribution is -0.143. The first-order chi connectivity index (χ1) is 11.8. The Labute approximate surface area is 159 Å². The highest BCUT2D eigenvalue weighted by Crippen LogP contribution is 2.37. The fourth-order valence-electron chi connectivity index (χ4n) is 2.89. The molecule has 4 nitrogen and oxygen atoms in total. The minimum absolute atomic E-state index is 0. The van der Waals surface area contributed by atoms with Crippen molar-refractivity contribution in [3.8, 4) is 16.9 Å². The molecule has 2 aromatic carbocycles. The molecule has 2 rings (SSSR count). The van der Waals surface area contributed by atoms with E-state index in [1.807, 2.05) is 19.9 Å². The largest absolute Gasteiger partial charge is 0.507 e. The van der Waals surface area contributed by atoms with Crippen LogP contribution in [0.3, 0.4) is 0 Å². The van der Waals surface area contributed by atoms with Crippen molar-refractivity contribution in [2.24, 2.45) is 5.73 Å². The van der Waals surface area contributed by atoms with E-state index < -0.39 is 17.8 Å². The zero-order chi connectivity index (χ0) is 18.7.